The van der Waals surface area contributed by atoms with Crippen LogP contribution in [0.2, 0.25) is 5.02 Å². The average molecular weight is 327 g/mol. The molecule has 0 radical (unpaired) electrons. The van der Waals surface area contributed by atoms with Gasteiger partial charge in [0.2, 0.25) is 6.41 Å². The van der Waals surface area contributed by atoms with E-state index in [0.29, 0.717) is 17.0 Å². The molecule has 5 heteroatoms. The minimum Gasteiger partial charge on any atom is -0.348 e. The first-order chi connectivity index (χ1) is 11.1. The Balaban J connectivity index is 2.12. The summed E-state index contributed by atoms with van der Waals surface area (Å²) in [7, 11) is 0. The Kier molecular flexibility index (Phi) is 4.17. The number of benzene rings is 2. The van der Waals surface area contributed by atoms with Crippen molar-refractivity contribution in [2.24, 2.45) is 0 Å². The maximum atomic E-state index is 11.7. The molecular weight excluding hydrogens is 312 g/mol. The predicted molar refractivity (Wildman–Crippen MR) is 91.8 cm³/mol. The maximum Gasteiger partial charge on any atom is 0.251 e. The van der Waals surface area contributed by atoms with E-state index in [0.717, 1.165) is 22.0 Å². The molecule has 0 aliphatic rings. The highest BCUT2D eigenvalue weighted by atomic mass is 35.5. The van der Waals surface area contributed by atoms with Gasteiger partial charge in [-0.3, -0.25) is 9.59 Å². The van der Waals surface area contributed by atoms with Crippen LogP contribution in [0.1, 0.15) is 22.7 Å². The summed E-state index contributed by atoms with van der Waals surface area (Å²) in [4.78, 5) is 25.5. The lowest BCUT2D eigenvalue weighted by Gasteiger charge is -2.18. The Morgan fingerprint density at radius 2 is 1.91 bits per heavy atom. The first-order valence-electron chi connectivity index (χ1n) is 7.17. The van der Waals surface area contributed by atoms with Crippen LogP contribution in [0, 0.1) is 6.92 Å². The first kappa shape index (κ1) is 15.3. The molecular formula is C18H15ClN2O2. The van der Waals surface area contributed by atoms with E-state index in [2.05, 4.69) is 10.3 Å². The highest BCUT2D eigenvalue weighted by Crippen LogP contribution is 2.26. The summed E-state index contributed by atoms with van der Waals surface area (Å²) in [6, 6.07) is 14.6. The molecule has 1 aromatic heterocycles. The second kappa shape index (κ2) is 6.26. The molecule has 0 saturated heterocycles. The largest absolute Gasteiger partial charge is 0.348 e. The van der Waals surface area contributed by atoms with Crippen LogP contribution in [0.3, 0.4) is 0 Å². The Hall–Kier alpha value is -2.59. The topological polar surface area (TPSA) is 62.0 Å². The molecule has 1 atom stereocenters. The SMILES string of the molecule is Cc1cc2cc(C(NC=O)c3cccc(Cl)c3)ccc2[nH]c1=O. The third-order valence-electron chi connectivity index (χ3n) is 3.80. The van der Waals surface area contributed by atoms with Gasteiger partial charge in [-0.15, -0.1) is 0 Å². The lowest BCUT2D eigenvalue weighted by atomic mass is 9.97. The Bertz CT molecular complexity index is 934. The quantitative estimate of drug-likeness (QED) is 0.722. The number of rotatable bonds is 4. The van der Waals surface area contributed by atoms with E-state index < -0.39 is 0 Å². The molecule has 2 N–H and O–H groups in total. The number of amides is 1. The van der Waals surface area contributed by atoms with E-state index in [1.54, 1.807) is 13.0 Å². The molecule has 116 valence electrons. The molecule has 0 bridgehead atoms. The van der Waals surface area contributed by atoms with Crippen LogP contribution in [0.5, 0.6) is 0 Å². The van der Waals surface area contributed by atoms with E-state index in [-0.39, 0.29) is 11.6 Å². The number of aryl methyl sites for hydroxylation is 1. The summed E-state index contributed by atoms with van der Waals surface area (Å²) in [5.74, 6) is 0. The number of pyridine rings is 1. The van der Waals surface area contributed by atoms with Gasteiger partial charge in [0.15, 0.2) is 0 Å². The second-order valence-electron chi connectivity index (χ2n) is 5.40. The van der Waals surface area contributed by atoms with Gasteiger partial charge >= 0.3 is 0 Å². The number of fused-ring (bicyclic) bond motifs is 1. The molecule has 0 saturated carbocycles. The number of H-pyrrole nitrogens is 1. The molecule has 4 nitrogen and oxygen atoms in total. The number of carbonyl (C=O) groups is 1. The van der Waals surface area contributed by atoms with Gasteiger partial charge in [-0.05, 0) is 53.8 Å². The van der Waals surface area contributed by atoms with Crippen LogP contribution >= 0.6 is 11.6 Å². The van der Waals surface area contributed by atoms with Crippen molar-refractivity contribution >= 4 is 28.9 Å². The van der Waals surface area contributed by atoms with E-state index in [1.807, 2.05) is 42.5 Å². The molecule has 0 aliphatic carbocycles. The molecule has 2 aromatic carbocycles. The number of aromatic amines is 1. The smallest absolute Gasteiger partial charge is 0.251 e. The minimum absolute atomic E-state index is 0.0948. The molecule has 3 aromatic rings. The van der Waals surface area contributed by atoms with Gasteiger partial charge in [0.05, 0.1) is 6.04 Å². The maximum absolute atomic E-state index is 11.7. The predicted octanol–water partition coefficient (Wildman–Crippen LogP) is 3.33. The summed E-state index contributed by atoms with van der Waals surface area (Å²) in [5.41, 5.74) is 3.13. The van der Waals surface area contributed by atoms with Crippen molar-refractivity contribution in [1.29, 1.82) is 0 Å². The molecule has 0 spiro atoms. The third kappa shape index (κ3) is 3.12. The van der Waals surface area contributed by atoms with Crippen LogP contribution in [0.4, 0.5) is 0 Å². The summed E-state index contributed by atoms with van der Waals surface area (Å²) in [6.45, 7) is 1.77. The van der Waals surface area contributed by atoms with E-state index in [4.69, 9.17) is 11.6 Å². The highest BCUT2D eigenvalue weighted by molar-refractivity contribution is 6.30. The average Bonchev–Trinajstić information content (AvgIpc) is 2.53. The van der Waals surface area contributed by atoms with Crippen LogP contribution < -0.4 is 10.9 Å². The molecule has 0 aliphatic heterocycles. The lowest BCUT2D eigenvalue weighted by Crippen LogP contribution is -2.20. The monoisotopic (exact) mass is 326 g/mol. The molecule has 1 heterocycles. The normalized spacial score (nSPS) is 12.1. The molecule has 23 heavy (non-hydrogen) atoms. The minimum atomic E-state index is -0.303. The Morgan fingerprint density at radius 3 is 2.65 bits per heavy atom. The summed E-state index contributed by atoms with van der Waals surface area (Å²) < 4.78 is 0. The summed E-state index contributed by atoms with van der Waals surface area (Å²) in [5, 5.41) is 4.35. The molecule has 3 rings (SSSR count). The van der Waals surface area contributed by atoms with Gasteiger partial charge in [0, 0.05) is 16.1 Å². The van der Waals surface area contributed by atoms with Crippen molar-refractivity contribution in [3.05, 3.63) is 80.6 Å². The number of hydrogen-bond acceptors (Lipinski definition) is 2. The van der Waals surface area contributed by atoms with Crippen molar-refractivity contribution < 1.29 is 4.79 Å². The Labute approximate surface area is 138 Å². The van der Waals surface area contributed by atoms with Crippen LogP contribution in [0.25, 0.3) is 10.9 Å². The Morgan fingerprint density at radius 1 is 1.13 bits per heavy atom. The van der Waals surface area contributed by atoms with Gasteiger partial charge in [0.1, 0.15) is 0 Å². The third-order valence-corrected chi connectivity index (χ3v) is 4.04. The fourth-order valence-electron chi connectivity index (χ4n) is 2.65. The lowest BCUT2D eigenvalue weighted by molar-refractivity contribution is -0.110. The first-order valence-corrected chi connectivity index (χ1v) is 7.55. The molecule has 0 fully saturated rings. The highest BCUT2D eigenvalue weighted by Gasteiger charge is 2.14. The van der Waals surface area contributed by atoms with Gasteiger partial charge in [0.25, 0.3) is 5.56 Å². The number of nitrogens with one attached hydrogen (secondary N) is 2. The summed E-state index contributed by atoms with van der Waals surface area (Å²) in [6.07, 6.45) is 0.674. The van der Waals surface area contributed by atoms with Gasteiger partial charge in [-0.25, -0.2) is 0 Å². The zero-order valence-corrected chi connectivity index (χ0v) is 13.2. The van der Waals surface area contributed by atoms with Crippen molar-refractivity contribution in [1.82, 2.24) is 10.3 Å². The molecule has 1 unspecified atom stereocenters. The second-order valence-corrected chi connectivity index (χ2v) is 5.84. The van der Waals surface area contributed by atoms with Gasteiger partial charge < -0.3 is 10.3 Å². The fraction of sp³-hybridized carbons (Fsp3) is 0.111. The van der Waals surface area contributed by atoms with Crippen molar-refractivity contribution in [2.75, 3.05) is 0 Å². The standard InChI is InChI=1S/C18H15ClN2O2/c1-11-7-14-8-13(5-6-16(14)21-18(11)23)17(20-10-22)12-3-2-4-15(19)9-12/h2-10,17H,1H3,(H,20,22)(H,21,23). The van der Waals surface area contributed by atoms with Gasteiger partial charge in [-0.1, -0.05) is 29.8 Å². The zero-order chi connectivity index (χ0) is 16.4. The van der Waals surface area contributed by atoms with Crippen LogP contribution in [-0.2, 0) is 4.79 Å². The number of aromatic nitrogens is 1. The van der Waals surface area contributed by atoms with Crippen molar-refractivity contribution in [2.45, 2.75) is 13.0 Å². The van der Waals surface area contributed by atoms with E-state index >= 15 is 0 Å². The zero-order valence-electron chi connectivity index (χ0n) is 12.5. The van der Waals surface area contributed by atoms with Gasteiger partial charge in [-0.2, -0.15) is 0 Å². The van der Waals surface area contributed by atoms with Crippen LogP contribution in [-0.4, -0.2) is 11.4 Å². The van der Waals surface area contributed by atoms with E-state index in [9.17, 15) is 9.59 Å². The summed E-state index contributed by atoms with van der Waals surface area (Å²) >= 11 is 6.05. The van der Waals surface area contributed by atoms with E-state index in [1.165, 1.54) is 0 Å². The van der Waals surface area contributed by atoms with Crippen molar-refractivity contribution in [3.63, 3.8) is 0 Å². The number of hydrogen-bond donors (Lipinski definition) is 2. The fourth-order valence-corrected chi connectivity index (χ4v) is 2.85. The number of carbonyl (C=O) groups excluding carboxylic acids is 1. The number of halogens is 1. The van der Waals surface area contributed by atoms with Crippen molar-refractivity contribution in [3.8, 4) is 0 Å². The molecule has 1 amide bonds. The van der Waals surface area contributed by atoms with Crippen LogP contribution in [0.15, 0.2) is 53.3 Å².